The third kappa shape index (κ3) is 4.28. The number of ether oxygens (including phenoxy) is 3. The van der Waals surface area contributed by atoms with Crippen LogP contribution in [-0.4, -0.2) is 25.4 Å². The smallest absolute Gasteiger partial charge is 0.122 e. The normalized spacial score (nSPS) is 30.3. The molecule has 4 atom stereocenters. The van der Waals surface area contributed by atoms with Crippen LogP contribution in [0.3, 0.4) is 0 Å². The molecule has 0 aliphatic carbocycles. The molecule has 3 nitrogen and oxygen atoms in total. The highest BCUT2D eigenvalue weighted by molar-refractivity contribution is 5.30. The number of hydrogen-bond acceptors (Lipinski definition) is 3. The summed E-state index contributed by atoms with van der Waals surface area (Å²) in [4.78, 5) is 0. The van der Waals surface area contributed by atoms with E-state index in [9.17, 15) is 0 Å². The second kappa shape index (κ2) is 8.99. The van der Waals surface area contributed by atoms with Crippen molar-refractivity contribution < 1.29 is 14.2 Å². The first-order valence-corrected chi connectivity index (χ1v) is 11.3. The van der Waals surface area contributed by atoms with Crippen molar-refractivity contribution in [3.63, 3.8) is 0 Å². The summed E-state index contributed by atoms with van der Waals surface area (Å²) in [7, 11) is 0. The lowest BCUT2D eigenvalue weighted by molar-refractivity contribution is 0.101. The summed E-state index contributed by atoms with van der Waals surface area (Å²) >= 11 is 0. The Morgan fingerprint density at radius 2 is 1.10 bits per heavy atom. The summed E-state index contributed by atoms with van der Waals surface area (Å²) in [5.74, 6) is 0. The maximum atomic E-state index is 6.23. The monoisotopic (exact) mass is 394 g/mol. The minimum absolute atomic E-state index is 0.150. The van der Waals surface area contributed by atoms with Crippen LogP contribution < -0.4 is 0 Å². The minimum Gasteiger partial charge on any atom is -0.376 e. The Labute approximate surface area is 175 Å². The molecule has 2 aliphatic heterocycles. The summed E-state index contributed by atoms with van der Waals surface area (Å²) in [6.45, 7) is 5.74. The first kappa shape index (κ1) is 20.6. The van der Waals surface area contributed by atoms with Crippen LogP contribution in [0.15, 0.2) is 60.7 Å². The van der Waals surface area contributed by atoms with Crippen LogP contribution >= 0.6 is 0 Å². The summed E-state index contributed by atoms with van der Waals surface area (Å²) < 4.78 is 18.6. The summed E-state index contributed by atoms with van der Waals surface area (Å²) in [6, 6.07) is 21.3. The van der Waals surface area contributed by atoms with Crippen LogP contribution in [0.25, 0.3) is 0 Å². The molecule has 0 radical (unpaired) electrons. The van der Waals surface area contributed by atoms with Gasteiger partial charge in [0.05, 0.1) is 13.2 Å². The molecule has 29 heavy (non-hydrogen) atoms. The molecular weight excluding hydrogens is 360 g/mol. The summed E-state index contributed by atoms with van der Waals surface area (Å²) in [5, 5.41) is 0. The van der Waals surface area contributed by atoms with Crippen molar-refractivity contribution >= 4 is 0 Å². The second-order valence-electron chi connectivity index (χ2n) is 8.47. The second-order valence-corrected chi connectivity index (χ2v) is 8.47. The Morgan fingerprint density at radius 3 is 1.48 bits per heavy atom. The molecule has 0 saturated carbocycles. The molecule has 0 amide bonds. The fourth-order valence-electron chi connectivity index (χ4n) is 4.61. The largest absolute Gasteiger partial charge is 0.376 e. The zero-order valence-electron chi connectivity index (χ0n) is 17.8. The van der Waals surface area contributed by atoms with Crippen molar-refractivity contribution in [2.24, 2.45) is 0 Å². The van der Waals surface area contributed by atoms with E-state index in [0.29, 0.717) is 13.2 Å². The van der Waals surface area contributed by atoms with Crippen LogP contribution in [0.1, 0.15) is 63.5 Å². The highest BCUT2D eigenvalue weighted by atomic mass is 16.7. The van der Waals surface area contributed by atoms with Gasteiger partial charge in [-0.2, -0.15) is 0 Å². The van der Waals surface area contributed by atoms with Gasteiger partial charge in [0.15, 0.2) is 0 Å². The molecule has 4 unspecified atom stereocenters. The van der Waals surface area contributed by atoms with Gasteiger partial charge in [0, 0.05) is 0 Å². The van der Waals surface area contributed by atoms with E-state index in [4.69, 9.17) is 14.2 Å². The van der Waals surface area contributed by atoms with E-state index in [2.05, 4.69) is 74.5 Å². The van der Waals surface area contributed by atoms with Gasteiger partial charge in [0.1, 0.15) is 23.4 Å². The summed E-state index contributed by atoms with van der Waals surface area (Å²) in [6.07, 6.45) is 7.12. The van der Waals surface area contributed by atoms with Crippen LogP contribution in [0.2, 0.25) is 0 Å². The molecule has 2 aromatic rings. The fourth-order valence-corrected chi connectivity index (χ4v) is 4.61. The van der Waals surface area contributed by atoms with E-state index < -0.39 is 0 Å². The van der Waals surface area contributed by atoms with Gasteiger partial charge in [-0.15, -0.1) is 0 Å². The Morgan fingerprint density at radius 1 is 0.690 bits per heavy atom. The zero-order chi connectivity index (χ0) is 20.2. The molecule has 2 heterocycles. The van der Waals surface area contributed by atoms with E-state index in [1.807, 2.05) is 0 Å². The van der Waals surface area contributed by atoms with Gasteiger partial charge in [-0.1, -0.05) is 100 Å². The quantitative estimate of drug-likeness (QED) is 0.416. The predicted molar refractivity (Wildman–Crippen MR) is 116 cm³/mol. The Kier molecular flexibility index (Phi) is 6.38. The third-order valence-electron chi connectivity index (χ3n) is 6.50. The third-order valence-corrected chi connectivity index (χ3v) is 6.50. The first-order valence-electron chi connectivity index (χ1n) is 11.3. The molecular formula is C26H34O3. The van der Waals surface area contributed by atoms with E-state index in [1.54, 1.807) is 0 Å². The Hall–Kier alpha value is -1.68. The van der Waals surface area contributed by atoms with Crippen molar-refractivity contribution in [3.05, 3.63) is 71.8 Å². The van der Waals surface area contributed by atoms with Gasteiger partial charge in [-0.25, -0.2) is 0 Å². The fraction of sp³-hybridized carbons (Fsp3) is 0.538. The number of unbranched alkanes of at least 4 members (excludes halogenated alkanes) is 2. The van der Waals surface area contributed by atoms with Crippen molar-refractivity contribution in [1.29, 1.82) is 0 Å². The average Bonchev–Trinajstić information content (AvgIpc) is 3.68. The Balaban J connectivity index is 1.33. The van der Waals surface area contributed by atoms with Crippen LogP contribution in [0, 0.1) is 0 Å². The van der Waals surface area contributed by atoms with Gasteiger partial charge < -0.3 is 14.2 Å². The first-order chi connectivity index (χ1) is 14.2. The van der Waals surface area contributed by atoms with E-state index >= 15 is 0 Å². The number of hydrogen-bond donors (Lipinski definition) is 0. The van der Waals surface area contributed by atoms with Crippen molar-refractivity contribution in [2.45, 2.75) is 75.8 Å². The van der Waals surface area contributed by atoms with Gasteiger partial charge in [0.25, 0.3) is 0 Å². The summed E-state index contributed by atoms with van der Waals surface area (Å²) in [5.41, 5.74) is 2.26. The molecule has 2 aliphatic rings. The van der Waals surface area contributed by atoms with Crippen molar-refractivity contribution in [1.82, 2.24) is 0 Å². The predicted octanol–water partition coefficient (Wildman–Crippen LogP) is 5.97. The lowest BCUT2D eigenvalue weighted by atomic mass is 9.90. The van der Waals surface area contributed by atoms with Gasteiger partial charge in [-0.3, -0.25) is 0 Å². The molecule has 0 aromatic heterocycles. The minimum atomic E-state index is -0.152. The van der Waals surface area contributed by atoms with E-state index in [0.717, 1.165) is 12.8 Å². The Bertz CT molecular complexity index is 697. The lowest BCUT2D eigenvalue weighted by Gasteiger charge is -2.14. The molecule has 2 fully saturated rings. The lowest BCUT2D eigenvalue weighted by Crippen LogP contribution is -2.20. The van der Waals surface area contributed by atoms with E-state index in [1.165, 1.54) is 36.8 Å². The number of epoxide rings is 2. The van der Waals surface area contributed by atoms with Crippen LogP contribution in [-0.2, 0) is 25.4 Å². The van der Waals surface area contributed by atoms with Crippen molar-refractivity contribution in [2.75, 3.05) is 13.2 Å². The molecule has 0 spiro atoms. The average molecular weight is 395 g/mol. The number of benzene rings is 2. The van der Waals surface area contributed by atoms with E-state index in [-0.39, 0.29) is 23.4 Å². The SMILES string of the molecule is CCCCC1(c2ccccc2)OC1COCC1OC1(CCCC)c1ccccc1. The molecule has 4 rings (SSSR count). The van der Waals surface area contributed by atoms with Gasteiger partial charge in [0.2, 0.25) is 0 Å². The maximum Gasteiger partial charge on any atom is 0.122 e. The highest BCUT2D eigenvalue weighted by Crippen LogP contribution is 2.52. The van der Waals surface area contributed by atoms with Crippen molar-refractivity contribution in [3.8, 4) is 0 Å². The topological polar surface area (TPSA) is 34.3 Å². The van der Waals surface area contributed by atoms with Crippen LogP contribution in [0.4, 0.5) is 0 Å². The van der Waals surface area contributed by atoms with Gasteiger partial charge >= 0.3 is 0 Å². The maximum absolute atomic E-state index is 6.23. The molecule has 2 aromatic carbocycles. The molecule has 156 valence electrons. The zero-order valence-corrected chi connectivity index (χ0v) is 17.8. The molecule has 2 saturated heterocycles. The molecule has 3 heteroatoms. The molecule has 0 bridgehead atoms. The standard InChI is InChI=1S/C26H34O3/c1-3-5-17-25(21-13-9-7-10-14-21)23(28-25)19-27-20-24-26(29-24,18-6-4-2)22-15-11-8-12-16-22/h7-16,23-24H,3-6,17-20H2,1-2H3. The van der Waals surface area contributed by atoms with Gasteiger partial charge in [-0.05, 0) is 24.0 Å². The molecule has 0 N–H and O–H groups in total. The van der Waals surface area contributed by atoms with Crippen LogP contribution in [0.5, 0.6) is 0 Å². The highest BCUT2D eigenvalue weighted by Gasteiger charge is 2.59. The number of rotatable bonds is 12.